The normalized spacial score (nSPS) is 11.4. The van der Waals surface area contributed by atoms with Gasteiger partial charge in [-0.15, -0.1) is 0 Å². The van der Waals surface area contributed by atoms with Crippen LogP contribution in [-0.2, 0) is 14.8 Å². The number of rotatable bonds is 10. The highest BCUT2D eigenvalue weighted by Gasteiger charge is 2.21. The smallest absolute Gasteiger partial charge is 0.260 e. The number of carbonyl (C=O) groups excluding carboxylic acids is 1. The zero-order valence-electron chi connectivity index (χ0n) is 17.0. The van der Waals surface area contributed by atoms with E-state index < -0.39 is 15.9 Å². The summed E-state index contributed by atoms with van der Waals surface area (Å²) in [5, 5.41) is 3.91. The number of hydrogen-bond donors (Lipinski definition) is 1. The van der Waals surface area contributed by atoms with Gasteiger partial charge in [-0.3, -0.25) is 9.10 Å². The van der Waals surface area contributed by atoms with Gasteiger partial charge < -0.3 is 4.74 Å². The van der Waals surface area contributed by atoms with Gasteiger partial charge in [-0.2, -0.15) is 5.10 Å². The average molecular weight is 418 g/mol. The van der Waals surface area contributed by atoms with Gasteiger partial charge in [0.05, 0.1) is 24.8 Å². The first kappa shape index (κ1) is 22.4. The molecule has 0 aliphatic rings. The molecule has 1 N–H and O–H groups in total. The van der Waals surface area contributed by atoms with E-state index in [4.69, 9.17) is 4.74 Å². The van der Waals surface area contributed by atoms with Crippen LogP contribution in [0.1, 0.15) is 30.9 Å². The average Bonchev–Trinajstić information content (AvgIpc) is 2.67. The Bertz CT molecular complexity index is 941. The maximum atomic E-state index is 12.2. The van der Waals surface area contributed by atoms with Gasteiger partial charge in [0.2, 0.25) is 10.0 Å². The fraction of sp³-hybridized carbons (Fsp3) is 0.333. The number of amides is 1. The third-order valence-corrected chi connectivity index (χ3v) is 5.25. The molecule has 156 valence electrons. The van der Waals surface area contributed by atoms with Crippen LogP contribution in [0, 0.1) is 6.92 Å². The van der Waals surface area contributed by atoms with Gasteiger partial charge in [0.1, 0.15) is 12.3 Å². The molecule has 0 aliphatic carbocycles. The van der Waals surface area contributed by atoms with Crippen molar-refractivity contribution in [3.05, 3.63) is 59.7 Å². The van der Waals surface area contributed by atoms with E-state index in [0.717, 1.165) is 40.3 Å². The Morgan fingerprint density at radius 3 is 2.48 bits per heavy atom. The number of hydrogen-bond acceptors (Lipinski definition) is 5. The van der Waals surface area contributed by atoms with Crippen molar-refractivity contribution in [2.75, 3.05) is 23.7 Å². The van der Waals surface area contributed by atoms with E-state index in [1.54, 1.807) is 25.1 Å². The predicted molar refractivity (Wildman–Crippen MR) is 116 cm³/mol. The van der Waals surface area contributed by atoms with Crippen LogP contribution in [0.25, 0.3) is 0 Å². The minimum Gasteiger partial charge on any atom is -0.494 e. The third-order valence-electron chi connectivity index (χ3n) is 4.12. The largest absolute Gasteiger partial charge is 0.494 e. The minimum atomic E-state index is -3.62. The molecule has 0 saturated heterocycles. The lowest BCUT2D eigenvalue weighted by atomic mass is 10.2. The molecule has 0 saturated carbocycles. The molecule has 7 nitrogen and oxygen atoms in total. The number of nitrogens with one attached hydrogen (secondary N) is 1. The number of carbonyl (C=O) groups is 1. The second kappa shape index (κ2) is 10.6. The summed E-state index contributed by atoms with van der Waals surface area (Å²) in [6, 6.07) is 14.3. The quantitative estimate of drug-likeness (QED) is 0.366. The van der Waals surface area contributed by atoms with E-state index in [1.807, 2.05) is 30.3 Å². The summed E-state index contributed by atoms with van der Waals surface area (Å²) in [6.45, 7) is 4.22. The molecule has 2 aromatic carbocycles. The molecule has 1 amide bonds. The molecule has 2 rings (SSSR count). The molecule has 0 radical (unpaired) electrons. The zero-order valence-corrected chi connectivity index (χ0v) is 17.8. The standard InChI is InChI=1S/C21H27N3O4S/c1-4-5-14-28-19-12-10-18(11-13-19)15-22-23-21(25)16-24(29(3,26)27)20-9-7-6-8-17(20)2/h6-13,15H,4-5,14,16H2,1-3H3,(H,23,25). The summed E-state index contributed by atoms with van der Waals surface area (Å²) < 4.78 is 30.9. The Morgan fingerprint density at radius 2 is 1.86 bits per heavy atom. The number of unbranched alkanes of at least 4 members (excludes halogenated alkanes) is 1. The molecule has 0 atom stereocenters. The molecule has 0 aliphatic heterocycles. The molecule has 0 heterocycles. The van der Waals surface area contributed by atoms with Gasteiger partial charge in [0, 0.05) is 0 Å². The highest BCUT2D eigenvalue weighted by molar-refractivity contribution is 7.92. The number of anilines is 1. The van der Waals surface area contributed by atoms with Gasteiger partial charge in [0.25, 0.3) is 5.91 Å². The third kappa shape index (κ3) is 7.23. The van der Waals surface area contributed by atoms with E-state index in [0.29, 0.717) is 12.3 Å². The highest BCUT2D eigenvalue weighted by atomic mass is 32.2. The number of para-hydroxylation sites is 1. The van der Waals surface area contributed by atoms with Crippen molar-refractivity contribution >= 4 is 27.8 Å². The number of nitrogens with zero attached hydrogens (tertiary/aromatic N) is 2. The number of sulfonamides is 1. The second-order valence-corrected chi connectivity index (χ2v) is 8.53. The van der Waals surface area contributed by atoms with Gasteiger partial charge >= 0.3 is 0 Å². The number of aryl methyl sites for hydroxylation is 1. The fourth-order valence-corrected chi connectivity index (χ4v) is 3.47. The zero-order chi connectivity index (χ0) is 21.3. The van der Waals surface area contributed by atoms with Crippen molar-refractivity contribution in [1.82, 2.24) is 5.43 Å². The van der Waals surface area contributed by atoms with Crippen LogP contribution in [-0.4, -0.2) is 39.9 Å². The van der Waals surface area contributed by atoms with Crippen LogP contribution >= 0.6 is 0 Å². The van der Waals surface area contributed by atoms with E-state index >= 15 is 0 Å². The summed E-state index contributed by atoms with van der Waals surface area (Å²) in [7, 11) is -3.62. The van der Waals surface area contributed by atoms with Gasteiger partial charge in [0.15, 0.2) is 0 Å². The van der Waals surface area contributed by atoms with E-state index in [1.165, 1.54) is 6.21 Å². The van der Waals surface area contributed by atoms with Crippen molar-refractivity contribution < 1.29 is 17.9 Å². The van der Waals surface area contributed by atoms with E-state index in [2.05, 4.69) is 17.5 Å². The van der Waals surface area contributed by atoms with Gasteiger partial charge in [-0.25, -0.2) is 13.8 Å². The second-order valence-electron chi connectivity index (χ2n) is 6.62. The Kier molecular flexibility index (Phi) is 8.21. The summed E-state index contributed by atoms with van der Waals surface area (Å²) in [6.07, 6.45) is 4.64. The number of benzene rings is 2. The highest BCUT2D eigenvalue weighted by Crippen LogP contribution is 2.21. The van der Waals surface area contributed by atoms with Crippen molar-refractivity contribution in [1.29, 1.82) is 0 Å². The fourth-order valence-electron chi connectivity index (χ4n) is 2.55. The first-order chi connectivity index (χ1) is 13.8. The lowest BCUT2D eigenvalue weighted by Gasteiger charge is -2.23. The van der Waals surface area contributed by atoms with Gasteiger partial charge in [-0.05, 0) is 54.8 Å². The van der Waals surface area contributed by atoms with E-state index in [9.17, 15) is 13.2 Å². The maximum Gasteiger partial charge on any atom is 0.260 e. The lowest BCUT2D eigenvalue weighted by molar-refractivity contribution is -0.119. The van der Waals surface area contributed by atoms with Crippen molar-refractivity contribution in [2.45, 2.75) is 26.7 Å². The predicted octanol–water partition coefficient (Wildman–Crippen LogP) is 3.09. The Balaban J connectivity index is 1.96. The molecule has 0 aromatic heterocycles. The molecule has 0 fully saturated rings. The first-order valence-electron chi connectivity index (χ1n) is 9.39. The molecule has 29 heavy (non-hydrogen) atoms. The minimum absolute atomic E-state index is 0.356. The summed E-state index contributed by atoms with van der Waals surface area (Å²) >= 11 is 0. The van der Waals surface area contributed by atoms with Crippen LogP contribution in [0.15, 0.2) is 53.6 Å². The molecular weight excluding hydrogens is 390 g/mol. The van der Waals surface area contributed by atoms with Crippen LogP contribution in [0.2, 0.25) is 0 Å². The Labute approximate surface area is 172 Å². The lowest BCUT2D eigenvalue weighted by Crippen LogP contribution is -2.39. The molecule has 0 bridgehead atoms. The first-order valence-corrected chi connectivity index (χ1v) is 11.2. The van der Waals surface area contributed by atoms with Crippen molar-refractivity contribution in [3.8, 4) is 5.75 Å². The van der Waals surface area contributed by atoms with Crippen LogP contribution < -0.4 is 14.5 Å². The maximum absolute atomic E-state index is 12.2. The summed E-state index contributed by atoms with van der Waals surface area (Å²) in [5.74, 6) is 0.246. The SMILES string of the molecule is CCCCOc1ccc(C=NNC(=O)CN(c2ccccc2C)S(C)(=O)=O)cc1. The summed E-state index contributed by atoms with van der Waals surface area (Å²) in [5.41, 5.74) is 4.38. The van der Waals surface area contributed by atoms with Gasteiger partial charge in [-0.1, -0.05) is 31.5 Å². The number of ether oxygens (including phenoxy) is 1. The van der Waals surface area contributed by atoms with Crippen LogP contribution in [0.3, 0.4) is 0 Å². The van der Waals surface area contributed by atoms with Crippen molar-refractivity contribution in [2.24, 2.45) is 5.10 Å². The molecular formula is C21H27N3O4S. The van der Waals surface area contributed by atoms with Crippen LogP contribution in [0.5, 0.6) is 5.75 Å². The monoisotopic (exact) mass is 417 g/mol. The molecule has 8 heteroatoms. The Morgan fingerprint density at radius 1 is 1.17 bits per heavy atom. The molecule has 0 unspecified atom stereocenters. The van der Waals surface area contributed by atoms with Crippen molar-refractivity contribution in [3.63, 3.8) is 0 Å². The van der Waals surface area contributed by atoms with E-state index in [-0.39, 0.29) is 6.54 Å². The molecule has 2 aromatic rings. The summed E-state index contributed by atoms with van der Waals surface area (Å²) in [4.78, 5) is 12.2. The molecule has 0 spiro atoms. The van der Waals surface area contributed by atoms with Crippen LogP contribution in [0.4, 0.5) is 5.69 Å². The Hall–Kier alpha value is -2.87. The number of hydrazone groups is 1. The topological polar surface area (TPSA) is 88.1 Å².